The number of fused-ring (bicyclic) bond motifs is 1. The normalized spacial score (nSPS) is 15.0. The summed E-state index contributed by atoms with van der Waals surface area (Å²) in [5, 5.41) is 3.10. The Morgan fingerprint density at radius 1 is 1.28 bits per heavy atom. The summed E-state index contributed by atoms with van der Waals surface area (Å²) in [4.78, 5) is 16.1. The topological polar surface area (TPSA) is 46.9 Å². The number of benzene rings is 2. The number of nitrogens with zero attached hydrogens (tertiary/aromatic N) is 2. The molecule has 1 aromatic heterocycles. The second kappa shape index (κ2) is 8.66. The van der Waals surface area contributed by atoms with Gasteiger partial charge in [-0.05, 0) is 49.1 Å². The van der Waals surface area contributed by atoms with Crippen LogP contribution in [0.3, 0.4) is 0 Å². The molecule has 0 saturated heterocycles. The van der Waals surface area contributed by atoms with Crippen LogP contribution in [0.4, 0.5) is 15.8 Å². The lowest BCUT2D eigenvalue weighted by Gasteiger charge is -2.21. The van der Waals surface area contributed by atoms with Crippen molar-refractivity contribution in [3.05, 3.63) is 52.0 Å². The van der Waals surface area contributed by atoms with Gasteiger partial charge in [0.25, 0.3) is 0 Å². The molecule has 6 heteroatoms. The van der Waals surface area contributed by atoms with E-state index in [2.05, 4.69) is 26.2 Å². The molecule has 2 aromatic carbocycles. The van der Waals surface area contributed by atoms with Crippen molar-refractivity contribution in [3.63, 3.8) is 0 Å². The number of carbonyl (C=O) groups excluding carboxylic acids is 1. The van der Waals surface area contributed by atoms with Crippen molar-refractivity contribution in [2.45, 2.75) is 52.0 Å². The first-order chi connectivity index (χ1) is 14.1. The summed E-state index contributed by atoms with van der Waals surface area (Å²) in [5.74, 6) is 0.251. The van der Waals surface area contributed by atoms with Crippen molar-refractivity contribution in [1.29, 1.82) is 0 Å². The first-order valence-electron chi connectivity index (χ1n) is 10.2. The number of aldehydes is 1. The lowest BCUT2D eigenvalue weighted by Crippen LogP contribution is -2.10. The third-order valence-corrected chi connectivity index (χ3v) is 6.46. The van der Waals surface area contributed by atoms with E-state index < -0.39 is 5.82 Å². The molecular formula is C23H25BrFN3O. The standard InChI is InChI=1S/C23H25BrFN3O/c1-15-11-18(24)7-8-19(15)27-22-17(13-29)12-20-23(21(22)25)26-14-28(20)10-9-16-5-3-2-4-6-16/h7-8,11-14,16,27H,2-6,9-10H2,1H3. The van der Waals surface area contributed by atoms with Crippen LogP contribution in [0.1, 0.15) is 54.4 Å². The van der Waals surface area contributed by atoms with Gasteiger partial charge >= 0.3 is 0 Å². The van der Waals surface area contributed by atoms with E-state index in [4.69, 9.17) is 0 Å². The van der Waals surface area contributed by atoms with Crippen LogP contribution in [0.25, 0.3) is 11.0 Å². The first kappa shape index (κ1) is 20.1. The summed E-state index contributed by atoms with van der Waals surface area (Å²) in [7, 11) is 0. The number of aryl methyl sites for hydroxylation is 2. The third-order valence-electron chi connectivity index (χ3n) is 5.96. The summed E-state index contributed by atoms with van der Waals surface area (Å²) < 4.78 is 18.2. The average Bonchev–Trinajstić information content (AvgIpc) is 3.14. The molecule has 0 spiro atoms. The molecule has 1 fully saturated rings. The molecule has 0 aliphatic heterocycles. The van der Waals surface area contributed by atoms with Crippen molar-refractivity contribution >= 4 is 44.6 Å². The van der Waals surface area contributed by atoms with Crippen LogP contribution in [-0.2, 0) is 6.54 Å². The fourth-order valence-electron chi connectivity index (χ4n) is 4.27. The van der Waals surface area contributed by atoms with E-state index in [1.807, 2.05) is 29.7 Å². The minimum absolute atomic E-state index is 0.176. The molecule has 29 heavy (non-hydrogen) atoms. The maximum absolute atomic E-state index is 15.3. The van der Waals surface area contributed by atoms with Crippen LogP contribution in [0.15, 0.2) is 35.1 Å². The van der Waals surface area contributed by atoms with Gasteiger partial charge in [0.1, 0.15) is 5.52 Å². The fraction of sp³-hybridized carbons (Fsp3) is 0.391. The fourth-order valence-corrected chi connectivity index (χ4v) is 4.75. The molecule has 1 N–H and O–H groups in total. The van der Waals surface area contributed by atoms with Gasteiger partial charge in [-0.1, -0.05) is 48.0 Å². The summed E-state index contributed by atoms with van der Waals surface area (Å²) in [5.41, 5.74) is 3.17. The van der Waals surface area contributed by atoms with E-state index in [0.717, 1.165) is 34.6 Å². The number of hydrogen-bond acceptors (Lipinski definition) is 3. The van der Waals surface area contributed by atoms with Gasteiger partial charge in [-0.15, -0.1) is 0 Å². The number of nitrogens with one attached hydrogen (secondary N) is 1. The maximum Gasteiger partial charge on any atom is 0.175 e. The molecule has 1 aliphatic rings. The van der Waals surface area contributed by atoms with Gasteiger partial charge in [0, 0.05) is 22.3 Å². The smallest absolute Gasteiger partial charge is 0.175 e. The Morgan fingerprint density at radius 3 is 2.79 bits per heavy atom. The van der Waals surface area contributed by atoms with Gasteiger partial charge < -0.3 is 9.88 Å². The number of carbonyl (C=O) groups is 1. The molecule has 0 unspecified atom stereocenters. The quantitative estimate of drug-likeness (QED) is 0.415. The summed E-state index contributed by atoms with van der Waals surface area (Å²) in [6, 6.07) is 7.43. The second-order valence-electron chi connectivity index (χ2n) is 7.96. The van der Waals surface area contributed by atoms with E-state index in [0.29, 0.717) is 22.9 Å². The summed E-state index contributed by atoms with van der Waals surface area (Å²) in [6.45, 7) is 2.74. The molecule has 0 radical (unpaired) electrons. The van der Waals surface area contributed by atoms with Crippen LogP contribution in [0, 0.1) is 18.7 Å². The molecule has 0 atom stereocenters. The SMILES string of the molecule is Cc1cc(Br)ccc1Nc1c(C=O)cc2c(ncn2CCC2CCCCC2)c1F. The minimum atomic E-state index is -0.483. The molecule has 1 saturated carbocycles. The van der Waals surface area contributed by atoms with Crippen LogP contribution in [-0.4, -0.2) is 15.8 Å². The van der Waals surface area contributed by atoms with E-state index in [-0.39, 0.29) is 5.69 Å². The monoisotopic (exact) mass is 457 g/mol. The molecule has 1 heterocycles. The van der Waals surface area contributed by atoms with Crippen molar-refractivity contribution in [2.75, 3.05) is 5.32 Å². The lowest BCUT2D eigenvalue weighted by atomic mass is 9.87. The van der Waals surface area contributed by atoms with Crippen molar-refractivity contribution < 1.29 is 9.18 Å². The largest absolute Gasteiger partial charge is 0.352 e. The molecular weight excluding hydrogens is 433 g/mol. The molecule has 1 aliphatic carbocycles. The number of hydrogen-bond donors (Lipinski definition) is 1. The van der Waals surface area contributed by atoms with Crippen LogP contribution < -0.4 is 5.32 Å². The molecule has 0 bridgehead atoms. The predicted molar refractivity (Wildman–Crippen MR) is 118 cm³/mol. The van der Waals surface area contributed by atoms with Crippen LogP contribution >= 0.6 is 15.9 Å². The number of aromatic nitrogens is 2. The highest BCUT2D eigenvalue weighted by atomic mass is 79.9. The summed E-state index contributed by atoms with van der Waals surface area (Å²) in [6.07, 6.45) is 9.99. The average molecular weight is 458 g/mol. The number of anilines is 2. The van der Waals surface area contributed by atoms with Gasteiger partial charge in [0.2, 0.25) is 0 Å². The van der Waals surface area contributed by atoms with E-state index in [1.54, 1.807) is 12.4 Å². The highest BCUT2D eigenvalue weighted by Crippen LogP contribution is 2.32. The lowest BCUT2D eigenvalue weighted by molar-refractivity contribution is 0.112. The Bertz CT molecular complexity index is 1040. The number of imidazole rings is 1. The highest BCUT2D eigenvalue weighted by Gasteiger charge is 2.19. The van der Waals surface area contributed by atoms with E-state index >= 15 is 4.39 Å². The van der Waals surface area contributed by atoms with Crippen molar-refractivity contribution in [2.24, 2.45) is 5.92 Å². The Morgan fingerprint density at radius 2 is 2.07 bits per heavy atom. The Hall–Kier alpha value is -2.21. The summed E-state index contributed by atoms with van der Waals surface area (Å²) >= 11 is 3.43. The van der Waals surface area contributed by atoms with Gasteiger partial charge in [-0.25, -0.2) is 9.37 Å². The second-order valence-corrected chi connectivity index (χ2v) is 8.87. The van der Waals surface area contributed by atoms with Crippen LogP contribution in [0.2, 0.25) is 0 Å². The highest BCUT2D eigenvalue weighted by molar-refractivity contribution is 9.10. The maximum atomic E-state index is 15.3. The van der Waals surface area contributed by atoms with E-state index in [9.17, 15) is 4.79 Å². The van der Waals surface area contributed by atoms with Crippen LogP contribution in [0.5, 0.6) is 0 Å². The Kier molecular flexibility index (Phi) is 5.99. The van der Waals surface area contributed by atoms with E-state index in [1.165, 1.54) is 32.1 Å². The Labute approximate surface area is 178 Å². The van der Waals surface area contributed by atoms with Gasteiger partial charge in [0.05, 0.1) is 17.5 Å². The molecule has 3 aromatic rings. The minimum Gasteiger partial charge on any atom is -0.352 e. The number of rotatable bonds is 6. The van der Waals surface area contributed by atoms with Gasteiger partial charge in [-0.2, -0.15) is 0 Å². The Balaban J connectivity index is 1.64. The molecule has 0 amide bonds. The molecule has 152 valence electrons. The molecule has 4 rings (SSSR count). The number of halogens is 2. The zero-order valence-electron chi connectivity index (χ0n) is 16.5. The third kappa shape index (κ3) is 4.22. The van der Waals surface area contributed by atoms with Gasteiger partial charge in [0.15, 0.2) is 12.1 Å². The molecule has 4 nitrogen and oxygen atoms in total. The van der Waals surface area contributed by atoms with Crippen molar-refractivity contribution in [3.8, 4) is 0 Å². The predicted octanol–water partition coefficient (Wildman–Crippen LogP) is 6.77. The van der Waals surface area contributed by atoms with Crippen molar-refractivity contribution in [1.82, 2.24) is 9.55 Å². The van der Waals surface area contributed by atoms with Gasteiger partial charge in [-0.3, -0.25) is 4.79 Å². The first-order valence-corrected chi connectivity index (χ1v) is 11.0. The zero-order valence-corrected chi connectivity index (χ0v) is 18.1. The zero-order chi connectivity index (χ0) is 20.4.